The lowest BCUT2D eigenvalue weighted by Gasteiger charge is -2.34. The van der Waals surface area contributed by atoms with Crippen molar-refractivity contribution < 1.29 is 14.4 Å². The molecule has 0 spiro atoms. The molecule has 8 nitrogen and oxygen atoms in total. The normalized spacial score (nSPS) is 16.4. The predicted octanol–water partition coefficient (Wildman–Crippen LogP) is 2.35. The zero-order valence-electron chi connectivity index (χ0n) is 17.0. The second-order valence-corrected chi connectivity index (χ2v) is 8.75. The zero-order valence-corrected chi connectivity index (χ0v) is 17.9. The van der Waals surface area contributed by atoms with Crippen LogP contribution in [-0.2, 0) is 4.79 Å². The van der Waals surface area contributed by atoms with E-state index >= 15 is 0 Å². The molecule has 0 unspecified atom stereocenters. The Morgan fingerprint density at radius 2 is 1.63 bits per heavy atom. The molecule has 1 aromatic heterocycles. The Morgan fingerprint density at radius 1 is 0.967 bits per heavy atom. The van der Waals surface area contributed by atoms with Crippen molar-refractivity contribution in [3.05, 3.63) is 40.4 Å². The third-order valence-electron chi connectivity index (χ3n) is 5.57. The highest BCUT2D eigenvalue weighted by atomic mass is 32.1. The predicted molar refractivity (Wildman–Crippen MR) is 114 cm³/mol. The van der Waals surface area contributed by atoms with Crippen molar-refractivity contribution in [1.29, 1.82) is 0 Å². The third-order valence-corrected chi connectivity index (χ3v) is 6.47. The quantitative estimate of drug-likeness (QED) is 0.498. The molecule has 0 N–H and O–H groups in total. The smallest absolute Gasteiger partial charge is 0.261 e. The average Bonchev–Trinajstić information content (AvgIpc) is 3.30. The minimum absolute atomic E-state index is 0.170. The maximum Gasteiger partial charge on any atom is 0.261 e. The van der Waals surface area contributed by atoms with Gasteiger partial charge in [-0.3, -0.25) is 19.3 Å². The first-order chi connectivity index (χ1) is 14.5. The Balaban J connectivity index is 1.15. The van der Waals surface area contributed by atoms with Crippen LogP contribution in [-0.4, -0.2) is 70.4 Å². The summed E-state index contributed by atoms with van der Waals surface area (Å²) < 4.78 is 0. The minimum Gasteiger partial charge on any atom is -0.343 e. The van der Waals surface area contributed by atoms with Crippen LogP contribution in [0.15, 0.2) is 24.3 Å². The molecule has 1 saturated heterocycles. The van der Waals surface area contributed by atoms with Crippen LogP contribution in [0.1, 0.15) is 51.4 Å². The standard InChI is InChI=1S/C21H25N5O3S/c1-15-22-23-21(30-15)25-13-11-24(12-14-25)18(27)9-3-2-6-10-26-19(28)16-7-4-5-8-17(16)20(26)29/h4-5,7-8H,2-3,6,9-14H2,1H3. The largest absolute Gasteiger partial charge is 0.343 e. The summed E-state index contributed by atoms with van der Waals surface area (Å²) >= 11 is 1.58. The van der Waals surface area contributed by atoms with Gasteiger partial charge in [0.2, 0.25) is 11.0 Å². The van der Waals surface area contributed by atoms with Crippen molar-refractivity contribution in [2.24, 2.45) is 0 Å². The molecule has 0 bridgehead atoms. The summed E-state index contributed by atoms with van der Waals surface area (Å²) in [5.74, 6) is -0.255. The topological polar surface area (TPSA) is 86.7 Å². The molecule has 30 heavy (non-hydrogen) atoms. The lowest BCUT2D eigenvalue weighted by Crippen LogP contribution is -2.48. The number of piperazine rings is 1. The molecule has 9 heteroatoms. The van der Waals surface area contributed by atoms with Gasteiger partial charge in [-0.2, -0.15) is 0 Å². The van der Waals surface area contributed by atoms with E-state index in [1.54, 1.807) is 35.6 Å². The molecule has 3 amide bonds. The lowest BCUT2D eigenvalue weighted by atomic mass is 10.1. The van der Waals surface area contributed by atoms with Crippen LogP contribution in [0.5, 0.6) is 0 Å². The van der Waals surface area contributed by atoms with Crippen LogP contribution >= 0.6 is 11.3 Å². The number of hydrogen-bond donors (Lipinski definition) is 0. The SMILES string of the molecule is Cc1nnc(N2CCN(C(=O)CCCCCN3C(=O)c4ccccc4C3=O)CC2)s1. The summed E-state index contributed by atoms with van der Waals surface area (Å²) in [7, 11) is 0. The first-order valence-electron chi connectivity index (χ1n) is 10.3. The maximum atomic E-state index is 12.5. The third kappa shape index (κ3) is 4.21. The van der Waals surface area contributed by atoms with E-state index < -0.39 is 0 Å². The highest BCUT2D eigenvalue weighted by Gasteiger charge is 2.34. The number of carbonyl (C=O) groups excluding carboxylic acids is 3. The van der Waals surface area contributed by atoms with Crippen LogP contribution in [0, 0.1) is 6.92 Å². The average molecular weight is 428 g/mol. The number of anilines is 1. The van der Waals surface area contributed by atoms with E-state index in [-0.39, 0.29) is 17.7 Å². The van der Waals surface area contributed by atoms with Gasteiger partial charge >= 0.3 is 0 Å². The fourth-order valence-electron chi connectivity index (χ4n) is 3.88. The zero-order chi connectivity index (χ0) is 21.1. The van der Waals surface area contributed by atoms with Crippen LogP contribution in [0.3, 0.4) is 0 Å². The highest BCUT2D eigenvalue weighted by molar-refractivity contribution is 7.15. The van der Waals surface area contributed by atoms with Gasteiger partial charge in [0.05, 0.1) is 11.1 Å². The van der Waals surface area contributed by atoms with Gasteiger partial charge in [0.1, 0.15) is 5.01 Å². The summed E-state index contributed by atoms with van der Waals surface area (Å²) in [6.45, 7) is 5.30. The van der Waals surface area contributed by atoms with E-state index in [1.807, 2.05) is 11.8 Å². The Hall–Kier alpha value is -2.81. The van der Waals surface area contributed by atoms with Crippen LogP contribution in [0.4, 0.5) is 5.13 Å². The summed E-state index contributed by atoms with van der Waals surface area (Å²) in [5.41, 5.74) is 0.973. The van der Waals surface area contributed by atoms with Crippen molar-refractivity contribution in [2.45, 2.75) is 32.6 Å². The Bertz CT molecular complexity index is 917. The maximum absolute atomic E-state index is 12.5. The molecule has 2 aliphatic heterocycles. The molecule has 2 aliphatic rings. The molecule has 1 aromatic carbocycles. The summed E-state index contributed by atoms with van der Waals surface area (Å²) in [4.78, 5) is 42.6. The van der Waals surface area contributed by atoms with Gasteiger partial charge in [-0.1, -0.05) is 29.9 Å². The number of aryl methyl sites for hydroxylation is 1. The molecule has 2 aromatic rings. The molecule has 4 rings (SSSR count). The minimum atomic E-state index is -0.213. The second-order valence-electron chi connectivity index (χ2n) is 7.59. The summed E-state index contributed by atoms with van der Waals surface area (Å²) in [6.07, 6.45) is 2.78. The second kappa shape index (κ2) is 8.91. The highest BCUT2D eigenvalue weighted by Crippen LogP contribution is 2.23. The number of nitrogens with zero attached hydrogens (tertiary/aromatic N) is 5. The fraction of sp³-hybridized carbons (Fsp3) is 0.476. The number of hydrogen-bond acceptors (Lipinski definition) is 7. The molecular weight excluding hydrogens is 402 g/mol. The molecule has 0 atom stereocenters. The van der Waals surface area contributed by atoms with Crippen LogP contribution < -0.4 is 4.90 Å². The van der Waals surface area contributed by atoms with Crippen molar-refractivity contribution in [2.75, 3.05) is 37.6 Å². The van der Waals surface area contributed by atoms with E-state index in [9.17, 15) is 14.4 Å². The molecule has 0 radical (unpaired) electrons. The Kier molecular flexibility index (Phi) is 6.08. The van der Waals surface area contributed by atoms with Crippen molar-refractivity contribution >= 4 is 34.2 Å². The number of amides is 3. The fourth-order valence-corrected chi connectivity index (χ4v) is 4.62. The molecule has 3 heterocycles. The first kappa shape index (κ1) is 20.5. The number of aromatic nitrogens is 2. The van der Waals surface area contributed by atoms with Crippen molar-refractivity contribution in [3.63, 3.8) is 0 Å². The van der Waals surface area contributed by atoms with Crippen molar-refractivity contribution in [3.8, 4) is 0 Å². The van der Waals surface area contributed by atoms with Gasteiger partial charge in [-0.15, -0.1) is 10.2 Å². The Labute approximate surface area is 179 Å². The van der Waals surface area contributed by atoms with Gasteiger partial charge < -0.3 is 9.80 Å². The lowest BCUT2D eigenvalue weighted by molar-refractivity contribution is -0.131. The molecule has 1 fully saturated rings. The van der Waals surface area contributed by atoms with Gasteiger partial charge in [-0.05, 0) is 31.9 Å². The van der Waals surface area contributed by atoms with E-state index in [1.165, 1.54) is 4.90 Å². The molecule has 158 valence electrons. The first-order valence-corrected chi connectivity index (χ1v) is 11.1. The number of unbranched alkanes of at least 4 members (excludes halogenated alkanes) is 2. The van der Waals surface area contributed by atoms with Crippen molar-refractivity contribution in [1.82, 2.24) is 20.0 Å². The monoisotopic (exact) mass is 427 g/mol. The summed E-state index contributed by atoms with van der Waals surface area (Å²) in [5, 5.41) is 10.1. The van der Waals surface area contributed by atoms with Crippen LogP contribution in [0.2, 0.25) is 0 Å². The van der Waals surface area contributed by atoms with E-state index in [4.69, 9.17) is 0 Å². The summed E-state index contributed by atoms with van der Waals surface area (Å²) in [6, 6.07) is 6.93. The van der Waals surface area contributed by atoms with E-state index in [2.05, 4.69) is 15.1 Å². The molecular formula is C21H25N5O3S. The number of rotatable bonds is 7. The number of imide groups is 1. The van der Waals surface area contributed by atoms with E-state index in [0.717, 1.165) is 36.1 Å². The van der Waals surface area contributed by atoms with Crippen LogP contribution in [0.25, 0.3) is 0 Å². The number of benzene rings is 1. The van der Waals surface area contributed by atoms with Gasteiger partial charge in [0.25, 0.3) is 11.8 Å². The number of fused-ring (bicyclic) bond motifs is 1. The van der Waals surface area contributed by atoms with Gasteiger partial charge in [0, 0.05) is 39.1 Å². The van der Waals surface area contributed by atoms with Gasteiger partial charge in [-0.25, -0.2) is 0 Å². The Morgan fingerprint density at radius 3 is 2.23 bits per heavy atom. The number of carbonyl (C=O) groups is 3. The van der Waals surface area contributed by atoms with E-state index in [0.29, 0.717) is 43.6 Å². The molecule has 0 saturated carbocycles. The van der Waals surface area contributed by atoms with Gasteiger partial charge in [0.15, 0.2) is 0 Å². The molecule has 0 aliphatic carbocycles.